The summed E-state index contributed by atoms with van der Waals surface area (Å²) in [6.45, 7) is 4.20. The van der Waals surface area contributed by atoms with E-state index in [0.29, 0.717) is 5.69 Å². The lowest BCUT2D eigenvalue weighted by Crippen LogP contribution is -2.38. The van der Waals surface area contributed by atoms with Crippen LogP contribution in [0, 0.1) is 0 Å². The standard InChI is InChI=1S/C14H22N2OS2/c1-5-11(10-18-4)16(3)14(17)13-12(19-6-2)8-7-9-15-13/h7-9,11H,5-6,10H2,1-4H3. The molecule has 1 aromatic rings. The molecule has 0 aromatic carbocycles. The first-order valence-electron chi connectivity index (χ1n) is 6.49. The van der Waals surface area contributed by atoms with Crippen molar-refractivity contribution in [2.75, 3.05) is 24.8 Å². The highest BCUT2D eigenvalue weighted by Gasteiger charge is 2.22. The van der Waals surface area contributed by atoms with Crippen molar-refractivity contribution in [2.24, 2.45) is 0 Å². The normalized spacial score (nSPS) is 12.2. The van der Waals surface area contributed by atoms with Gasteiger partial charge in [-0.05, 0) is 30.6 Å². The van der Waals surface area contributed by atoms with Gasteiger partial charge in [0.25, 0.3) is 5.91 Å². The van der Waals surface area contributed by atoms with Gasteiger partial charge in [0.05, 0.1) is 0 Å². The monoisotopic (exact) mass is 298 g/mol. The van der Waals surface area contributed by atoms with Crippen molar-refractivity contribution in [1.29, 1.82) is 0 Å². The summed E-state index contributed by atoms with van der Waals surface area (Å²) in [4.78, 5) is 19.6. The van der Waals surface area contributed by atoms with Crippen LogP contribution < -0.4 is 0 Å². The van der Waals surface area contributed by atoms with E-state index in [2.05, 4.69) is 25.1 Å². The predicted molar refractivity (Wildman–Crippen MR) is 85.2 cm³/mol. The van der Waals surface area contributed by atoms with Crippen LogP contribution in [0.15, 0.2) is 23.2 Å². The minimum atomic E-state index is 0.0254. The highest BCUT2D eigenvalue weighted by molar-refractivity contribution is 7.99. The van der Waals surface area contributed by atoms with Crippen LogP contribution in [0.2, 0.25) is 0 Å². The van der Waals surface area contributed by atoms with Gasteiger partial charge in [0.1, 0.15) is 5.69 Å². The van der Waals surface area contributed by atoms with Crippen LogP contribution in [-0.4, -0.2) is 46.6 Å². The van der Waals surface area contributed by atoms with E-state index in [0.717, 1.165) is 22.8 Å². The van der Waals surface area contributed by atoms with Crippen LogP contribution in [0.25, 0.3) is 0 Å². The summed E-state index contributed by atoms with van der Waals surface area (Å²) in [7, 11) is 1.88. The van der Waals surface area contributed by atoms with Crippen LogP contribution in [0.5, 0.6) is 0 Å². The molecular formula is C14H22N2OS2. The van der Waals surface area contributed by atoms with Crippen LogP contribution in [0.4, 0.5) is 0 Å². The summed E-state index contributed by atoms with van der Waals surface area (Å²) >= 11 is 3.44. The summed E-state index contributed by atoms with van der Waals surface area (Å²) in [6, 6.07) is 4.12. The predicted octanol–water partition coefficient (Wildman–Crippen LogP) is 3.41. The fraction of sp³-hybridized carbons (Fsp3) is 0.571. The molecule has 0 bridgehead atoms. The Balaban J connectivity index is 2.92. The van der Waals surface area contributed by atoms with Crippen LogP contribution in [0.3, 0.4) is 0 Å². The maximum atomic E-state index is 12.6. The third kappa shape index (κ3) is 4.42. The number of carbonyl (C=O) groups is 1. The van der Waals surface area contributed by atoms with E-state index in [1.807, 2.05) is 24.1 Å². The zero-order valence-electron chi connectivity index (χ0n) is 12.0. The number of aromatic nitrogens is 1. The molecular weight excluding hydrogens is 276 g/mol. The average Bonchev–Trinajstić information content (AvgIpc) is 2.44. The summed E-state index contributed by atoms with van der Waals surface area (Å²) in [5.74, 6) is 1.93. The second kappa shape index (κ2) is 8.48. The molecule has 0 saturated carbocycles. The summed E-state index contributed by atoms with van der Waals surface area (Å²) < 4.78 is 0. The molecule has 1 atom stereocenters. The van der Waals surface area contributed by atoms with Gasteiger partial charge >= 0.3 is 0 Å². The second-order valence-corrected chi connectivity index (χ2v) is 6.43. The number of nitrogens with zero attached hydrogens (tertiary/aromatic N) is 2. The molecule has 0 saturated heterocycles. The maximum absolute atomic E-state index is 12.6. The van der Waals surface area contributed by atoms with Crippen molar-refractivity contribution < 1.29 is 4.79 Å². The van der Waals surface area contributed by atoms with Gasteiger partial charge in [-0.15, -0.1) is 11.8 Å². The molecule has 1 rings (SSSR count). The van der Waals surface area contributed by atoms with E-state index >= 15 is 0 Å². The van der Waals surface area contributed by atoms with Gasteiger partial charge < -0.3 is 4.90 Å². The number of pyridine rings is 1. The third-order valence-electron chi connectivity index (χ3n) is 2.97. The number of hydrogen-bond acceptors (Lipinski definition) is 4. The molecule has 5 heteroatoms. The number of thioether (sulfide) groups is 2. The molecule has 0 fully saturated rings. The molecule has 1 unspecified atom stereocenters. The van der Waals surface area contributed by atoms with Gasteiger partial charge in [0.2, 0.25) is 0 Å². The van der Waals surface area contributed by atoms with Gasteiger partial charge in [0, 0.05) is 29.9 Å². The molecule has 1 aromatic heterocycles. The molecule has 3 nitrogen and oxygen atoms in total. The average molecular weight is 298 g/mol. The fourth-order valence-electron chi connectivity index (χ4n) is 1.85. The summed E-state index contributed by atoms with van der Waals surface area (Å²) in [5.41, 5.74) is 0.580. The molecule has 0 aliphatic carbocycles. The molecule has 106 valence electrons. The first-order chi connectivity index (χ1) is 9.15. The summed E-state index contributed by atoms with van der Waals surface area (Å²) in [5, 5.41) is 0. The smallest absolute Gasteiger partial charge is 0.273 e. The minimum Gasteiger partial charge on any atom is -0.337 e. The Hall–Kier alpha value is -0.680. The Kier molecular flexibility index (Phi) is 7.31. The SMILES string of the molecule is CCSc1cccnc1C(=O)N(C)C(CC)CSC. The Morgan fingerprint density at radius 1 is 1.47 bits per heavy atom. The van der Waals surface area contributed by atoms with Crippen molar-refractivity contribution in [3.05, 3.63) is 24.0 Å². The third-order valence-corrected chi connectivity index (χ3v) is 4.62. The summed E-state index contributed by atoms with van der Waals surface area (Å²) in [6.07, 6.45) is 4.72. The van der Waals surface area contributed by atoms with E-state index in [1.54, 1.807) is 29.7 Å². The highest BCUT2D eigenvalue weighted by Crippen LogP contribution is 2.22. The Bertz CT molecular complexity index is 412. The molecule has 19 heavy (non-hydrogen) atoms. The van der Waals surface area contributed by atoms with Gasteiger partial charge in [-0.3, -0.25) is 4.79 Å². The Morgan fingerprint density at radius 2 is 2.21 bits per heavy atom. The van der Waals surface area contributed by atoms with Gasteiger partial charge in [-0.2, -0.15) is 11.8 Å². The van der Waals surface area contributed by atoms with Gasteiger partial charge in [-0.1, -0.05) is 13.8 Å². The van der Waals surface area contributed by atoms with E-state index in [4.69, 9.17) is 0 Å². The van der Waals surface area contributed by atoms with Crippen molar-refractivity contribution in [2.45, 2.75) is 31.2 Å². The topological polar surface area (TPSA) is 33.2 Å². The molecule has 0 aliphatic heterocycles. The number of carbonyl (C=O) groups excluding carboxylic acids is 1. The van der Waals surface area contributed by atoms with Crippen molar-refractivity contribution >= 4 is 29.4 Å². The molecule has 0 N–H and O–H groups in total. The maximum Gasteiger partial charge on any atom is 0.273 e. The van der Waals surface area contributed by atoms with Crippen LogP contribution in [-0.2, 0) is 0 Å². The Labute approximate surface area is 124 Å². The fourth-order valence-corrected chi connectivity index (χ4v) is 3.46. The lowest BCUT2D eigenvalue weighted by atomic mass is 10.2. The number of amides is 1. The lowest BCUT2D eigenvalue weighted by Gasteiger charge is -2.27. The Morgan fingerprint density at radius 3 is 2.79 bits per heavy atom. The van der Waals surface area contributed by atoms with E-state index in [9.17, 15) is 4.79 Å². The number of rotatable bonds is 7. The first-order valence-corrected chi connectivity index (χ1v) is 8.87. The first kappa shape index (κ1) is 16.4. The largest absolute Gasteiger partial charge is 0.337 e. The quantitative estimate of drug-likeness (QED) is 0.722. The number of hydrogen-bond donors (Lipinski definition) is 0. The van der Waals surface area contributed by atoms with Crippen molar-refractivity contribution in [3.8, 4) is 0 Å². The van der Waals surface area contributed by atoms with Gasteiger partial charge in [-0.25, -0.2) is 4.98 Å². The van der Waals surface area contributed by atoms with E-state index in [1.165, 1.54) is 0 Å². The molecule has 1 heterocycles. The minimum absolute atomic E-state index is 0.0254. The van der Waals surface area contributed by atoms with Gasteiger partial charge in [0.15, 0.2) is 0 Å². The molecule has 0 spiro atoms. The van der Waals surface area contributed by atoms with E-state index in [-0.39, 0.29) is 11.9 Å². The zero-order chi connectivity index (χ0) is 14.3. The molecule has 1 amide bonds. The zero-order valence-corrected chi connectivity index (χ0v) is 13.7. The lowest BCUT2D eigenvalue weighted by molar-refractivity contribution is 0.0734. The van der Waals surface area contributed by atoms with Crippen LogP contribution >= 0.6 is 23.5 Å². The highest BCUT2D eigenvalue weighted by atomic mass is 32.2. The second-order valence-electron chi connectivity index (χ2n) is 4.22. The molecule has 0 radical (unpaired) electrons. The van der Waals surface area contributed by atoms with Crippen molar-refractivity contribution in [1.82, 2.24) is 9.88 Å². The van der Waals surface area contributed by atoms with Crippen molar-refractivity contribution in [3.63, 3.8) is 0 Å². The van der Waals surface area contributed by atoms with E-state index < -0.39 is 0 Å². The van der Waals surface area contributed by atoms with Crippen LogP contribution in [0.1, 0.15) is 30.8 Å². The molecule has 0 aliphatic rings.